The SMILES string of the molecule is CC(C)C[C@H](NC(=O)[C@H](CCC(N)=O)NC(=O)[C@H](CC1CCCCC1)NC(=O)[C@@H]1CCCC[C@H]1C(=O)O)C(N)=O. The molecule has 5 atom stereocenters. The molecule has 2 aliphatic rings. The summed E-state index contributed by atoms with van der Waals surface area (Å²) in [6.07, 6.45) is 7.59. The van der Waals surface area contributed by atoms with Gasteiger partial charge in [0.15, 0.2) is 0 Å². The number of carbonyl (C=O) groups is 6. The Bertz CT molecular complexity index is 919. The van der Waals surface area contributed by atoms with Crippen LogP contribution in [0.5, 0.6) is 0 Å². The number of nitrogens with one attached hydrogen (secondary N) is 3. The van der Waals surface area contributed by atoms with E-state index in [1.807, 2.05) is 13.8 Å². The van der Waals surface area contributed by atoms with Crippen LogP contribution in [-0.2, 0) is 28.8 Å². The molecule has 8 N–H and O–H groups in total. The zero-order valence-corrected chi connectivity index (χ0v) is 23.8. The second-order valence-corrected chi connectivity index (χ2v) is 11.8. The van der Waals surface area contributed by atoms with Gasteiger partial charge in [0, 0.05) is 6.42 Å². The summed E-state index contributed by atoms with van der Waals surface area (Å²) in [6.45, 7) is 3.74. The van der Waals surface area contributed by atoms with Gasteiger partial charge in [0.2, 0.25) is 29.5 Å². The Morgan fingerprint density at radius 1 is 0.750 bits per heavy atom. The summed E-state index contributed by atoms with van der Waals surface area (Å²) < 4.78 is 0. The van der Waals surface area contributed by atoms with E-state index in [9.17, 15) is 33.9 Å². The van der Waals surface area contributed by atoms with Crippen molar-refractivity contribution in [2.24, 2.45) is 35.1 Å². The minimum atomic E-state index is -1.19. The van der Waals surface area contributed by atoms with E-state index in [1.165, 1.54) is 0 Å². The molecule has 12 nitrogen and oxygen atoms in total. The van der Waals surface area contributed by atoms with Crippen LogP contribution in [0.25, 0.3) is 0 Å². The molecule has 2 saturated carbocycles. The molecule has 0 heterocycles. The Hall–Kier alpha value is -3.18. The van der Waals surface area contributed by atoms with E-state index in [0.29, 0.717) is 25.7 Å². The predicted octanol–water partition coefficient (Wildman–Crippen LogP) is 1.10. The van der Waals surface area contributed by atoms with Crippen molar-refractivity contribution in [1.82, 2.24) is 16.0 Å². The van der Waals surface area contributed by atoms with Crippen LogP contribution in [0.2, 0.25) is 0 Å². The van der Waals surface area contributed by atoms with Crippen molar-refractivity contribution in [1.29, 1.82) is 0 Å². The molecule has 12 heteroatoms. The lowest BCUT2D eigenvalue weighted by Gasteiger charge is -2.32. The zero-order chi connectivity index (χ0) is 29.8. The number of amides is 5. The zero-order valence-electron chi connectivity index (χ0n) is 23.8. The molecule has 2 fully saturated rings. The summed E-state index contributed by atoms with van der Waals surface area (Å²) >= 11 is 0. The lowest BCUT2D eigenvalue weighted by Crippen LogP contribution is -2.57. The fourth-order valence-electron chi connectivity index (χ4n) is 5.82. The van der Waals surface area contributed by atoms with Gasteiger partial charge in [0.05, 0.1) is 11.8 Å². The average Bonchev–Trinajstić information content (AvgIpc) is 2.90. The van der Waals surface area contributed by atoms with Crippen molar-refractivity contribution in [3.8, 4) is 0 Å². The first-order valence-corrected chi connectivity index (χ1v) is 14.6. The van der Waals surface area contributed by atoms with Crippen LogP contribution < -0.4 is 27.4 Å². The molecule has 0 bridgehead atoms. The number of carboxylic acids is 1. The van der Waals surface area contributed by atoms with Crippen LogP contribution in [-0.4, -0.2) is 58.7 Å². The average molecular weight is 566 g/mol. The van der Waals surface area contributed by atoms with Crippen LogP contribution in [0.3, 0.4) is 0 Å². The van der Waals surface area contributed by atoms with Crippen LogP contribution in [0.15, 0.2) is 0 Å². The van der Waals surface area contributed by atoms with E-state index in [1.54, 1.807) is 0 Å². The van der Waals surface area contributed by atoms with Crippen LogP contribution in [0.4, 0.5) is 0 Å². The van der Waals surface area contributed by atoms with Gasteiger partial charge in [-0.2, -0.15) is 0 Å². The molecule has 0 aliphatic heterocycles. The number of hydrogen-bond donors (Lipinski definition) is 6. The Labute approximate surface area is 236 Å². The van der Waals surface area contributed by atoms with Crippen molar-refractivity contribution in [3.63, 3.8) is 0 Å². The fourth-order valence-corrected chi connectivity index (χ4v) is 5.82. The van der Waals surface area contributed by atoms with Gasteiger partial charge >= 0.3 is 5.97 Å². The highest BCUT2D eigenvalue weighted by Crippen LogP contribution is 2.31. The maximum Gasteiger partial charge on any atom is 0.307 e. The quantitative estimate of drug-likeness (QED) is 0.170. The maximum absolute atomic E-state index is 13.6. The molecule has 5 amide bonds. The van der Waals surface area contributed by atoms with Crippen LogP contribution in [0, 0.1) is 23.7 Å². The highest BCUT2D eigenvalue weighted by atomic mass is 16.4. The number of primary amides is 2. The third kappa shape index (κ3) is 10.8. The molecule has 40 heavy (non-hydrogen) atoms. The topological polar surface area (TPSA) is 211 Å². The lowest BCUT2D eigenvalue weighted by molar-refractivity contribution is -0.149. The standard InChI is InChI=1S/C28H47N5O7/c1-16(2)14-21(24(30)35)32-26(37)20(12-13-23(29)34)31-27(38)22(15-17-8-4-3-5-9-17)33-25(36)18-10-6-7-11-19(18)28(39)40/h16-22H,3-15H2,1-2H3,(H2,29,34)(H2,30,35)(H,31,38)(H,32,37)(H,33,36)(H,39,40)/t18-,19-,20+,21+,22+/m1/s1. The predicted molar refractivity (Wildman–Crippen MR) is 147 cm³/mol. The Kier molecular flexibility index (Phi) is 13.4. The summed E-state index contributed by atoms with van der Waals surface area (Å²) in [5, 5.41) is 17.7. The lowest BCUT2D eigenvalue weighted by atomic mass is 9.78. The van der Waals surface area contributed by atoms with Crippen molar-refractivity contribution in [2.45, 2.75) is 115 Å². The first-order chi connectivity index (χ1) is 18.9. The van der Waals surface area contributed by atoms with E-state index in [2.05, 4.69) is 16.0 Å². The highest BCUT2D eigenvalue weighted by Gasteiger charge is 2.38. The molecule has 0 aromatic rings. The van der Waals surface area contributed by atoms with Crippen molar-refractivity contribution in [3.05, 3.63) is 0 Å². The molecule has 226 valence electrons. The van der Waals surface area contributed by atoms with Gasteiger partial charge in [-0.15, -0.1) is 0 Å². The van der Waals surface area contributed by atoms with E-state index in [-0.39, 0.29) is 24.7 Å². The van der Waals surface area contributed by atoms with Gasteiger partial charge in [-0.25, -0.2) is 0 Å². The summed E-state index contributed by atoms with van der Waals surface area (Å²) in [4.78, 5) is 75.2. The molecule has 2 aliphatic carbocycles. The van der Waals surface area contributed by atoms with Gasteiger partial charge in [-0.3, -0.25) is 28.8 Å². The van der Waals surface area contributed by atoms with E-state index < -0.39 is 65.5 Å². The van der Waals surface area contributed by atoms with E-state index >= 15 is 0 Å². The Morgan fingerprint density at radius 2 is 1.30 bits per heavy atom. The molecule has 2 rings (SSSR count). The van der Waals surface area contributed by atoms with Crippen LogP contribution in [0.1, 0.15) is 97.3 Å². The van der Waals surface area contributed by atoms with Gasteiger partial charge in [0.1, 0.15) is 18.1 Å². The smallest absolute Gasteiger partial charge is 0.307 e. The second kappa shape index (κ2) is 16.2. The molecule has 0 spiro atoms. The largest absolute Gasteiger partial charge is 0.481 e. The molecular formula is C28H47N5O7. The number of hydrogen-bond acceptors (Lipinski definition) is 6. The molecular weight excluding hydrogens is 518 g/mol. The Morgan fingerprint density at radius 3 is 1.85 bits per heavy atom. The normalized spacial score (nSPS) is 22.0. The third-order valence-electron chi connectivity index (χ3n) is 8.03. The molecule has 0 saturated heterocycles. The molecule has 0 unspecified atom stereocenters. The summed E-state index contributed by atoms with van der Waals surface area (Å²) in [6, 6.07) is -3.14. The van der Waals surface area contributed by atoms with Gasteiger partial charge in [0.25, 0.3) is 0 Å². The number of carboxylic acid groups (broad SMARTS) is 1. The maximum atomic E-state index is 13.6. The number of nitrogens with two attached hydrogens (primary N) is 2. The van der Waals surface area contributed by atoms with Gasteiger partial charge < -0.3 is 32.5 Å². The minimum absolute atomic E-state index is 0.0564. The third-order valence-corrected chi connectivity index (χ3v) is 8.03. The molecule has 0 aromatic heterocycles. The van der Waals surface area contributed by atoms with Crippen molar-refractivity contribution in [2.75, 3.05) is 0 Å². The number of aliphatic carboxylic acids is 1. The number of carbonyl (C=O) groups excluding carboxylic acids is 5. The first kappa shape index (κ1) is 33.0. The Balaban J connectivity index is 2.23. The summed E-state index contributed by atoms with van der Waals surface area (Å²) in [7, 11) is 0. The van der Waals surface area contributed by atoms with Gasteiger partial charge in [-0.1, -0.05) is 58.8 Å². The minimum Gasteiger partial charge on any atom is -0.481 e. The summed E-state index contributed by atoms with van der Waals surface area (Å²) in [5.41, 5.74) is 10.8. The van der Waals surface area contributed by atoms with Crippen LogP contribution >= 0.6 is 0 Å². The van der Waals surface area contributed by atoms with E-state index in [0.717, 1.165) is 44.9 Å². The first-order valence-electron chi connectivity index (χ1n) is 14.6. The number of rotatable bonds is 15. The van der Waals surface area contributed by atoms with Crippen molar-refractivity contribution >= 4 is 35.5 Å². The van der Waals surface area contributed by atoms with Crippen molar-refractivity contribution < 1.29 is 33.9 Å². The monoisotopic (exact) mass is 565 g/mol. The van der Waals surface area contributed by atoms with E-state index in [4.69, 9.17) is 11.5 Å². The molecule has 0 radical (unpaired) electrons. The molecule has 0 aromatic carbocycles. The fraction of sp³-hybridized carbons (Fsp3) is 0.786. The highest BCUT2D eigenvalue weighted by molar-refractivity contribution is 5.95. The second-order valence-electron chi connectivity index (χ2n) is 11.8. The summed E-state index contributed by atoms with van der Waals surface area (Å²) in [5.74, 6) is -5.48. The van der Waals surface area contributed by atoms with Gasteiger partial charge in [-0.05, 0) is 43.9 Å².